The van der Waals surface area contributed by atoms with Gasteiger partial charge in [-0.2, -0.15) is 0 Å². The summed E-state index contributed by atoms with van der Waals surface area (Å²) in [6.07, 6.45) is 4.07. The molecule has 0 bridgehead atoms. The van der Waals surface area contributed by atoms with Gasteiger partial charge in [0.2, 0.25) is 0 Å². The summed E-state index contributed by atoms with van der Waals surface area (Å²) < 4.78 is 7.70. The molecule has 1 fully saturated rings. The fourth-order valence-corrected chi connectivity index (χ4v) is 3.98. The number of imidazole rings is 1. The number of nitrogens with zero attached hydrogens (tertiary/aromatic N) is 3. The van der Waals surface area contributed by atoms with Gasteiger partial charge in [0.05, 0.1) is 24.7 Å². The van der Waals surface area contributed by atoms with Crippen molar-refractivity contribution in [2.45, 2.75) is 32.4 Å². The minimum atomic E-state index is 0.775. The number of hydrogen-bond donors (Lipinski definition) is 1. The van der Waals surface area contributed by atoms with Gasteiger partial charge in [0.15, 0.2) is 0 Å². The lowest BCUT2D eigenvalue weighted by Crippen LogP contribution is -2.35. The number of fused-ring (bicyclic) bond motifs is 1. The van der Waals surface area contributed by atoms with E-state index in [4.69, 9.17) is 9.72 Å². The van der Waals surface area contributed by atoms with Crippen LogP contribution in [0.3, 0.4) is 0 Å². The van der Waals surface area contributed by atoms with Crippen LogP contribution >= 0.6 is 0 Å². The zero-order chi connectivity index (χ0) is 19.2. The second-order valence-corrected chi connectivity index (χ2v) is 7.53. The van der Waals surface area contributed by atoms with Gasteiger partial charge in [-0.05, 0) is 43.6 Å². The Labute approximate surface area is 167 Å². The highest BCUT2D eigenvalue weighted by Crippen LogP contribution is 2.23. The number of aromatic nitrogens is 2. The third kappa shape index (κ3) is 4.54. The van der Waals surface area contributed by atoms with Gasteiger partial charge in [-0.1, -0.05) is 36.8 Å². The smallest absolute Gasteiger partial charge is 0.124 e. The van der Waals surface area contributed by atoms with E-state index in [0.29, 0.717) is 0 Å². The molecular weight excluding hydrogens is 348 g/mol. The van der Waals surface area contributed by atoms with Crippen LogP contribution in [0.1, 0.15) is 30.7 Å². The molecule has 28 heavy (non-hydrogen) atoms. The minimum Gasteiger partial charge on any atom is -0.497 e. The summed E-state index contributed by atoms with van der Waals surface area (Å²) in [6.45, 7) is 6.21. The molecule has 5 nitrogen and oxygen atoms in total. The van der Waals surface area contributed by atoms with Crippen LogP contribution in [0.5, 0.6) is 5.75 Å². The summed E-state index contributed by atoms with van der Waals surface area (Å²) in [5, 5.41) is 3.61. The van der Waals surface area contributed by atoms with Crippen LogP contribution in [0.4, 0.5) is 0 Å². The molecule has 5 heteroatoms. The Hall–Kier alpha value is -2.37. The summed E-state index contributed by atoms with van der Waals surface area (Å²) >= 11 is 0. The Morgan fingerprint density at radius 1 is 1.04 bits per heavy atom. The minimum absolute atomic E-state index is 0.775. The van der Waals surface area contributed by atoms with Gasteiger partial charge in [0.25, 0.3) is 0 Å². The van der Waals surface area contributed by atoms with Crippen molar-refractivity contribution in [3.05, 3.63) is 59.9 Å². The number of methoxy groups -OCH3 is 1. The standard InChI is InChI=1S/C23H30N4O/c1-28-20-10-11-22-21(16-20)25-23(27(22)18-19-8-4-2-5-9-19)17-24-12-15-26-13-6-3-7-14-26/h2,4-5,8-11,16,24H,3,6-7,12-15,17-18H2,1H3. The Kier molecular flexibility index (Phi) is 6.24. The third-order valence-corrected chi connectivity index (χ3v) is 5.55. The lowest BCUT2D eigenvalue weighted by atomic mass is 10.1. The predicted octanol–water partition coefficient (Wildman–Crippen LogP) is 3.67. The van der Waals surface area contributed by atoms with Crippen LogP contribution in [0.15, 0.2) is 48.5 Å². The molecule has 0 unspecified atom stereocenters. The van der Waals surface area contributed by atoms with Crippen molar-refractivity contribution >= 4 is 11.0 Å². The van der Waals surface area contributed by atoms with Crippen molar-refractivity contribution in [3.63, 3.8) is 0 Å². The summed E-state index contributed by atoms with van der Waals surface area (Å²) in [5.41, 5.74) is 3.42. The third-order valence-electron chi connectivity index (χ3n) is 5.55. The zero-order valence-corrected chi connectivity index (χ0v) is 16.7. The molecule has 0 radical (unpaired) electrons. The quantitative estimate of drug-likeness (QED) is 0.608. The highest BCUT2D eigenvalue weighted by Gasteiger charge is 2.13. The summed E-state index contributed by atoms with van der Waals surface area (Å²) in [6, 6.07) is 16.7. The van der Waals surface area contributed by atoms with Gasteiger partial charge >= 0.3 is 0 Å². The molecule has 1 aromatic heterocycles. The van der Waals surface area contributed by atoms with Crippen molar-refractivity contribution in [2.24, 2.45) is 0 Å². The molecule has 4 rings (SSSR count). The Morgan fingerprint density at radius 2 is 1.86 bits per heavy atom. The first-order chi connectivity index (χ1) is 13.8. The van der Waals surface area contributed by atoms with Gasteiger partial charge in [-0.15, -0.1) is 0 Å². The van der Waals surface area contributed by atoms with Gasteiger partial charge in [0.1, 0.15) is 11.6 Å². The SMILES string of the molecule is COc1ccc2c(c1)nc(CNCCN1CCCCC1)n2Cc1ccccc1. The second-order valence-electron chi connectivity index (χ2n) is 7.53. The fraction of sp³-hybridized carbons (Fsp3) is 0.435. The van der Waals surface area contributed by atoms with E-state index in [0.717, 1.165) is 48.8 Å². The number of nitrogens with one attached hydrogen (secondary N) is 1. The van der Waals surface area contributed by atoms with Crippen molar-refractivity contribution in [1.82, 2.24) is 19.8 Å². The van der Waals surface area contributed by atoms with Crippen LogP contribution in [0.25, 0.3) is 11.0 Å². The van der Waals surface area contributed by atoms with Crippen molar-refractivity contribution in [1.29, 1.82) is 0 Å². The van der Waals surface area contributed by atoms with E-state index >= 15 is 0 Å². The molecule has 148 valence electrons. The van der Waals surface area contributed by atoms with Crippen LogP contribution in [-0.2, 0) is 13.1 Å². The maximum absolute atomic E-state index is 5.39. The van der Waals surface area contributed by atoms with E-state index < -0.39 is 0 Å². The molecule has 2 heterocycles. The molecule has 0 spiro atoms. The first-order valence-corrected chi connectivity index (χ1v) is 10.3. The van der Waals surface area contributed by atoms with Gasteiger partial charge in [0, 0.05) is 25.7 Å². The lowest BCUT2D eigenvalue weighted by molar-refractivity contribution is 0.228. The Bertz CT molecular complexity index is 884. The van der Waals surface area contributed by atoms with E-state index in [2.05, 4.69) is 51.2 Å². The fourth-order valence-electron chi connectivity index (χ4n) is 3.98. The summed E-state index contributed by atoms with van der Waals surface area (Å²) in [4.78, 5) is 7.47. The monoisotopic (exact) mass is 378 g/mol. The molecule has 0 atom stereocenters. The van der Waals surface area contributed by atoms with Crippen molar-refractivity contribution < 1.29 is 4.74 Å². The topological polar surface area (TPSA) is 42.3 Å². The van der Waals surface area contributed by atoms with Crippen molar-refractivity contribution in [2.75, 3.05) is 33.3 Å². The Morgan fingerprint density at radius 3 is 2.64 bits per heavy atom. The predicted molar refractivity (Wildman–Crippen MR) is 114 cm³/mol. The number of benzene rings is 2. The maximum Gasteiger partial charge on any atom is 0.124 e. The van der Waals surface area contributed by atoms with Crippen LogP contribution in [-0.4, -0.2) is 47.7 Å². The van der Waals surface area contributed by atoms with E-state index in [1.807, 2.05) is 12.1 Å². The number of piperidine rings is 1. The van der Waals surface area contributed by atoms with Gasteiger partial charge < -0.3 is 19.5 Å². The molecule has 1 saturated heterocycles. The van der Waals surface area contributed by atoms with E-state index in [1.54, 1.807) is 7.11 Å². The number of likely N-dealkylation sites (tertiary alicyclic amines) is 1. The van der Waals surface area contributed by atoms with E-state index in [-0.39, 0.29) is 0 Å². The molecular formula is C23H30N4O. The van der Waals surface area contributed by atoms with Gasteiger partial charge in [-0.25, -0.2) is 4.98 Å². The van der Waals surface area contributed by atoms with E-state index in [9.17, 15) is 0 Å². The molecule has 1 N–H and O–H groups in total. The van der Waals surface area contributed by atoms with Crippen molar-refractivity contribution in [3.8, 4) is 5.75 Å². The molecule has 2 aromatic carbocycles. The zero-order valence-electron chi connectivity index (χ0n) is 16.7. The average molecular weight is 379 g/mol. The lowest BCUT2D eigenvalue weighted by Gasteiger charge is -2.26. The molecule has 1 aliphatic heterocycles. The number of ether oxygens (including phenoxy) is 1. The normalized spacial score (nSPS) is 15.2. The number of rotatable bonds is 8. The first kappa shape index (κ1) is 19.0. The molecule has 1 aliphatic rings. The van der Waals surface area contributed by atoms with Crippen LogP contribution < -0.4 is 10.1 Å². The highest BCUT2D eigenvalue weighted by atomic mass is 16.5. The van der Waals surface area contributed by atoms with Gasteiger partial charge in [-0.3, -0.25) is 0 Å². The highest BCUT2D eigenvalue weighted by molar-refractivity contribution is 5.78. The van der Waals surface area contributed by atoms with E-state index in [1.165, 1.54) is 37.9 Å². The summed E-state index contributed by atoms with van der Waals surface area (Å²) in [5.74, 6) is 1.92. The van der Waals surface area contributed by atoms with Crippen LogP contribution in [0.2, 0.25) is 0 Å². The summed E-state index contributed by atoms with van der Waals surface area (Å²) in [7, 11) is 1.70. The molecule has 3 aromatic rings. The molecule has 0 aliphatic carbocycles. The van der Waals surface area contributed by atoms with Crippen LogP contribution in [0, 0.1) is 0 Å². The Balaban J connectivity index is 1.49. The second kappa shape index (κ2) is 9.22. The molecule has 0 amide bonds. The number of hydrogen-bond acceptors (Lipinski definition) is 4. The first-order valence-electron chi connectivity index (χ1n) is 10.3. The maximum atomic E-state index is 5.39. The molecule has 0 saturated carbocycles. The largest absolute Gasteiger partial charge is 0.497 e. The average Bonchev–Trinajstić information content (AvgIpc) is 3.09.